The number of aliphatic carboxylic acids is 1. The Morgan fingerprint density at radius 2 is 1.80 bits per heavy atom. The molecule has 0 saturated heterocycles. The zero-order valence-electron chi connectivity index (χ0n) is 20.9. The van der Waals surface area contributed by atoms with Gasteiger partial charge in [0.05, 0.1) is 35.9 Å². The Hall–Kier alpha value is -2.61. The first-order valence-corrected chi connectivity index (χ1v) is 13.2. The summed E-state index contributed by atoms with van der Waals surface area (Å²) in [6.07, 6.45) is 10.6. The number of carboxylic acids is 1. The second kappa shape index (κ2) is 10.2. The van der Waals surface area contributed by atoms with Gasteiger partial charge in [0.1, 0.15) is 12.4 Å². The van der Waals surface area contributed by atoms with Crippen molar-refractivity contribution in [2.24, 2.45) is 5.92 Å². The topological polar surface area (TPSA) is 93.9 Å². The molecule has 190 valence electrons. The van der Waals surface area contributed by atoms with Crippen molar-refractivity contribution < 1.29 is 24.2 Å². The van der Waals surface area contributed by atoms with Crippen LogP contribution in [0.1, 0.15) is 88.6 Å². The number of benzene rings is 1. The number of nitrogens with zero attached hydrogens (tertiary/aromatic N) is 3. The third-order valence-corrected chi connectivity index (χ3v) is 8.31. The summed E-state index contributed by atoms with van der Waals surface area (Å²) < 4.78 is 13.8. The maximum Gasteiger partial charge on any atom is 0.414 e. The Balaban J connectivity index is 1.52. The molecule has 8 heteroatoms. The molecule has 0 radical (unpaired) electrons. The highest BCUT2D eigenvalue weighted by atomic mass is 16.5. The Labute approximate surface area is 206 Å². The second-order valence-corrected chi connectivity index (χ2v) is 10.5. The van der Waals surface area contributed by atoms with E-state index in [1.807, 2.05) is 13.0 Å². The Morgan fingerprint density at radius 3 is 2.49 bits per heavy atom. The van der Waals surface area contributed by atoms with Crippen LogP contribution in [0.4, 0.5) is 10.5 Å². The number of rotatable bonds is 5. The number of aromatic nitrogens is 2. The van der Waals surface area contributed by atoms with Gasteiger partial charge in [-0.05, 0) is 70.4 Å². The van der Waals surface area contributed by atoms with E-state index in [9.17, 15) is 14.7 Å². The standard InChI is InChI=1S/C27H37N3O5/c1-17-8-13-21-22(29(17)27(33)34-2)14-15-23-25(21)28-24(16-35-20-6-4-3-5-7-20)30(23)19-11-9-18(10-12-19)26(31)32/h14-15,17-20H,3-13,16H2,1-2H3,(H,31,32)/t17-,18-,19-/m0/s1. The van der Waals surface area contributed by atoms with Crippen molar-refractivity contribution >= 4 is 28.8 Å². The number of carbonyl (C=O) groups excluding carboxylic acids is 1. The minimum absolute atomic E-state index is 0.0647. The van der Waals surface area contributed by atoms with Gasteiger partial charge in [0, 0.05) is 17.6 Å². The number of imidazole rings is 1. The van der Waals surface area contributed by atoms with Gasteiger partial charge >= 0.3 is 12.1 Å². The molecule has 2 heterocycles. The molecule has 2 aromatic rings. The first kappa shape index (κ1) is 24.1. The minimum atomic E-state index is -0.689. The van der Waals surface area contributed by atoms with Crippen LogP contribution in [-0.4, -0.2) is 46.0 Å². The van der Waals surface area contributed by atoms with Gasteiger partial charge in [0.25, 0.3) is 0 Å². The largest absolute Gasteiger partial charge is 0.481 e. The van der Waals surface area contributed by atoms with E-state index in [-0.39, 0.29) is 30.2 Å². The molecule has 1 atom stereocenters. The zero-order chi connectivity index (χ0) is 24.5. The van der Waals surface area contributed by atoms with E-state index in [1.165, 1.54) is 26.4 Å². The number of amides is 1. The number of hydrogen-bond donors (Lipinski definition) is 1. The molecule has 1 aromatic heterocycles. The van der Waals surface area contributed by atoms with Gasteiger partial charge in [-0.1, -0.05) is 19.3 Å². The molecule has 0 spiro atoms. The van der Waals surface area contributed by atoms with Crippen LogP contribution in [0.2, 0.25) is 0 Å². The normalized spacial score (nSPS) is 25.4. The molecule has 2 fully saturated rings. The summed E-state index contributed by atoms with van der Waals surface area (Å²) in [5.74, 6) is -0.0299. The molecular weight excluding hydrogens is 446 g/mol. The molecule has 5 rings (SSSR count). The zero-order valence-corrected chi connectivity index (χ0v) is 20.9. The average molecular weight is 484 g/mol. The highest BCUT2D eigenvalue weighted by Gasteiger charge is 2.34. The fourth-order valence-electron chi connectivity index (χ4n) is 6.34. The monoisotopic (exact) mass is 483 g/mol. The lowest BCUT2D eigenvalue weighted by Gasteiger charge is -2.34. The third kappa shape index (κ3) is 4.65. The van der Waals surface area contributed by atoms with Crippen molar-refractivity contribution in [3.63, 3.8) is 0 Å². The minimum Gasteiger partial charge on any atom is -0.481 e. The van der Waals surface area contributed by atoms with Crippen molar-refractivity contribution in [1.82, 2.24) is 9.55 Å². The van der Waals surface area contributed by atoms with Gasteiger partial charge in [-0.25, -0.2) is 9.78 Å². The smallest absolute Gasteiger partial charge is 0.414 e. The van der Waals surface area contributed by atoms with Crippen molar-refractivity contribution in [3.05, 3.63) is 23.5 Å². The van der Waals surface area contributed by atoms with Crippen LogP contribution >= 0.6 is 0 Å². The van der Waals surface area contributed by atoms with E-state index < -0.39 is 5.97 Å². The van der Waals surface area contributed by atoms with Crippen molar-refractivity contribution in [2.75, 3.05) is 12.0 Å². The van der Waals surface area contributed by atoms with Gasteiger partial charge in [-0.3, -0.25) is 9.69 Å². The number of aryl methyl sites for hydroxylation is 1. The summed E-state index contributed by atoms with van der Waals surface area (Å²) in [6, 6.07) is 4.37. The first-order valence-electron chi connectivity index (χ1n) is 13.2. The maximum atomic E-state index is 12.6. The number of methoxy groups -OCH3 is 1. The summed E-state index contributed by atoms with van der Waals surface area (Å²) in [6.45, 7) is 2.51. The summed E-state index contributed by atoms with van der Waals surface area (Å²) in [4.78, 5) is 31.0. The Bertz CT molecular complexity index is 1080. The van der Waals surface area contributed by atoms with Gasteiger partial charge in [-0.15, -0.1) is 0 Å². The van der Waals surface area contributed by atoms with Crippen LogP contribution in [0, 0.1) is 5.92 Å². The van der Waals surface area contributed by atoms with Crippen molar-refractivity contribution in [2.45, 2.75) is 102 Å². The molecule has 1 N–H and O–H groups in total. The molecule has 2 saturated carbocycles. The van der Waals surface area contributed by atoms with Crippen LogP contribution < -0.4 is 4.90 Å². The number of carboxylic acid groups (broad SMARTS) is 1. The molecule has 8 nitrogen and oxygen atoms in total. The molecule has 1 aliphatic heterocycles. The highest BCUT2D eigenvalue weighted by molar-refractivity contribution is 5.95. The fraction of sp³-hybridized carbons (Fsp3) is 0.667. The number of carbonyl (C=O) groups is 2. The van der Waals surface area contributed by atoms with E-state index in [4.69, 9.17) is 14.5 Å². The quantitative estimate of drug-likeness (QED) is 0.594. The maximum absolute atomic E-state index is 12.6. The summed E-state index contributed by atoms with van der Waals surface area (Å²) in [5, 5.41) is 9.47. The predicted octanol–water partition coefficient (Wildman–Crippen LogP) is 5.61. The van der Waals surface area contributed by atoms with Gasteiger partial charge in [0.15, 0.2) is 0 Å². The van der Waals surface area contributed by atoms with Crippen LogP contribution in [0.3, 0.4) is 0 Å². The first-order chi connectivity index (χ1) is 17.0. The lowest BCUT2D eigenvalue weighted by Crippen LogP contribution is -2.42. The van der Waals surface area contributed by atoms with Crippen LogP contribution in [0.25, 0.3) is 11.0 Å². The van der Waals surface area contributed by atoms with Crippen molar-refractivity contribution in [3.8, 4) is 0 Å². The predicted molar refractivity (Wildman–Crippen MR) is 133 cm³/mol. The average Bonchev–Trinajstić information content (AvgIpc) is 3.26. The van der Waals surface area contributed by atoms with Crippen LogP contribution in [0.5, 0.6) is 0 Å². The highest BCUT2D eigenvalue weighted by Crippen LogP contribution is 2.40. The lowest BCUT2D eigenvalue weighted by molar-refractivity contribution is -0.143. The van der Waals surface area contributed by atoms with Gasteiger partial charge < -0.3 is 19.1 Å². The molecule has 2 aliphatic carbocycles. The lowest BCUT2D eigenvalue weighted by atomic mass is 9.86. The third-order valence-electron chi connectivity index (χ3n) is 8.31. The van der Waals surface area contributed by atoms with Gasteiger partial charge in [0.2, 0.25) is 0 Å². The number of anilines is 1. The fourth-order valence-corrected chi connectivity index (χ4v) is 6.34. The molecule has 1 amide bonds. The van der Waals surface area contributed by atoms with E-state index >= 15 is 0 Å². The van der Waals surface area contributed by atoms with E-state index in [0.717, 1.165) is 66.6 Å². The number of fused-ring (bicyclic) bond motifs is 3. The molecule has 3 aliphatic rings. The van der Waals surface area contributed by atoms with E-state index in [2.05, 4.69) is 10.6 Å². The Morgan fingerprint density at radius 1 is 1.06 bits per heavy atom. The SMILES string of the molecule is COC(=O)N1c2ccc3c(nc(COC4CCCCC4)n3[C@H]3CC[C@H](C(=O)O)CC3)c2CC[C@@H]1C. The van der Waals surface area contributed by atoms with Gasteiger partial charge in [-0.2, -0.15) is 0 Å². The van der Waals surface area contributed by atoms with E-state index in [1.54, 1.807) is 4.90 Å². The molecule has 0 unspecified atom stereocenters. The van der Waals surface area contributed by atoms with Crippen molar-refractivity contribution in [1.29, 1.82) is 0 Å². The molecular formula is C27H37N3O5. The summed E-state index contributed by atoms with van der Waals surface area (Å²) >= 11 is 0. The molecule has 0 bridgehead atoms. The van der Waals surface area contributed by atoms with E-state index in [0.29, 0.717) is 19.4 Å². The van der Waals surface area contributed by atoms with Crippen LogP contribution in [0.15, 0.2) is 12.1 Å². The second-order valence-electron chi connectivity index (χ2n) is 10.5. The Kier molecular flexibility index (Phi) is 7.00. The summed E-state index contributed by atoms with van der Waals surface area (Å²) in [5.41, 5.74) is 3.96. The molecule has 1 aromatic carbocycles. The number of ether oxygens (including phenoxy) is 2. The number of hydrogen-bond acceptors (Lipinski definition) is 5. The molecule has 35 heavy (non-hydrogen) atoms. The van der Waals surface area contributed by atoms with Crippen LogP contribution in [-0.2, 0) is 27.3 Å². The summed E-state index contributed by atoms with van der Waals surface area (Å²) in [7, 11) is 1.42.